The van der Waals surface area contributed by atoms with Crippen molar-refractivity contribution in [1.82, 2.24) is 0 Å². The van der Waals surface area contributed by atoms with Crippen molar-refractivity contribution < 1.29 is 9.53 Å². The molecule has 0 aromatic rings. The van der Waals surface area contributed by atoms with Crippen molar-refractivity contribution >= 4 is 21.9 Å². The maximum absolute atomic E-state index is 11.2. The Hall–Kier alpha value is -0.0500. The molecule has 3 heteroatoms. The second-order valence-electron chi connectivity index (χ2n) is 5.15. The lowest BCUT2D eigenvalue weighted by molar-refractivity contribution is -0.149. The van der Waals surface area contributed by atoms with Gasteiger partial charge in [0.05, 0.1) is 0 Å². The standard InChI is InChI=1S/C12H21BrO2/c1-9(2)12(3)6-4-5-10(7-12)15-11(14)8-13/h9-10H,4-8H2,1-3H3. The van der Waals surface area contributed by atoms with Gasteiger partial charge in [-0.1, -0.05) is 36.7 Å². The molecule has 0 heterocycles. The van der Waals surface area contributed by atoms with Gasteiger partial charge in [-0.05, 0) is 37.0 Å². The molecule has 2 unspecified atom stereocenters. The molecule has 1 fully saturated rings. The minimum absolute atomic E-state index is 0.131. The average Bonchev–Trinajstić information content (AvgIpc) is 2.17. The Morgan fingerprint density at radius 1 is 1.60 bits per heavy atom. The zero-order valence-corrected chi connectivity index (χ0v) is 11.5. The van der Waals surface area contributed by atoms with Gasteiger partial charge in [-0.15, -0.1) is 0 Å². The minimum atomic E-state index is -0.131. The van der Waals surface area contributed by atoms with Crippen molar-refractivity contribution in [3.63, 3.8) is 0 Å². The van der Waals surface area contributed by atoms with Gasteiger partial charge in [0, 0.05) is 0 Å². The molecule has 0 spiro atoms. The Kier molecular flexibility index (Phi) is 4.63. The van der Waals surface area contributed by atoms with Crippen LogP contribution in [0.5, 0.6) is 0 Å². The Morgan fingerprint density at radius 3 is 2.80 bits per heavy atom. The van der Waals surface area contributed by atoms with Gasteiger partial charge < -0.3 is 4.74 Å². The molecule has 1 saturated carbocycles. The molecule has 2 atom stereocenters. The van der Waals surface area contributed by atoms with E-state index in [2.05, 4.69) is 36.7 Å². The summed E-state index contributed by atoms with van der Waals surface area (Å²) >= 11 is 3.12. The SMILES string of the molecule is CC(C)C1(C)CCCC(OC(=O)CBr)C1. The highest BCUT2D eigenvalue weighted by Crippen LogP contribution is 2.42. The van der Waals surface area contributed by atoms with Crippen LogP contribution in [0.2, 0.25) is 0 Å². The van der Waals surface area contributed by atoms with Crippen molar-refractivity contribution in [2.45, 2.75) is 52.6 Å². The third-order valence-electron chi connectivity index (χ3n) is 3.77. The molecule has 88 valence electrons. The number of carbonyl (C=O) groups excluding carboxylic acids is 1. The van der Waals surface area contributed by atoms with Crippen LogP contribution in [0.3, 0.4) is 0 Å². The molecular formula is C12H21BrO2. The quantitative estimate of drug-likeness (QED) is 0.582. The monoisotopic (exact) mass is 276 g/mol. The molecule has 0 aliphatic heterocycles. The van der Waals surface area contributed by atoms with E-state index in [1.54, 1.807) is 0 Å². The summed E-state index contributed by atoms with van der Waals surface area (Å²) in [5.74, 6) is 0.524. The second-order valence-corrected chi connectivity index (χ2v) is 5.71. The van der Waals surface area contributed by atoms with E-state index in [-0.39, 0.29) is 12.1 Å². The van der Waals surface area contributed by atoms with Crippen LogP contribution in [-0.2, 0) is 9.53 Å². The van der Waals surface area contributed by atoms with E-state index >= 15 is 0 Å². The van der Waals surface area contributed by atoms with Crippen molar-refractivity contribution in [1.29, 1.82) is 0 Å². The normalized spacial score (nSPS) is 31.7. The molecule has 0 amide bonds. The lowest BCUT2D eigenvalue weighted by Gasteiger charge is -2.40. The predicted molar refractivity (Wildman–Crippen MR) is 65.1 cm³/mol. The first kappa shape index (κ1) is 13.0. The molecule has 0 N–H and O–H groups in total. The maximum Gasteiger partial charge on any atom is 0.316 e. The zero-order chi connectivity index (χ0) is 11.5. The van der Waals surface area contributed by atoms with Gasteiger partial charge in [0.2, 0.25) is 0 Å². The highest BCUT2D eigenvalue weighted by atomic mass is 79.9. The third kappa shape index (κ3) is 3.47. The van der Waals surface area contributed by atoms with Crippen LogP contribution >= 0.6 is 15.9 Å². The molecule has 1 aliphatic carbocycles. The number of halogens is 1. The number of hydrogen-bond donors (Lipinski definition) is 0. The number of alkyl halides is 1. The fourth-order valence-corrected chi connectivity index (χ4v) is 2.43. The molecule has 0 aromatic heterocycles. The minimum Gasteiger partial charge on any atom is -0.462 e. The summed E-state index contributed by atoms with van der Waals surface area (Å²) in [4.78, 5) is 11.2. The van der Waals surface area contributed by atoms with Crippen LogP contribution in [-0.4, -0.2) is 17.4 Å². The van der Waals surface area contributed by atoms with Gasteiger partial charge in [0.25, 0.3) is 0 Å². The fourth-order valence-electron chi connectivity index (χ4n) is 2.30. The van der Waals surface area contributed by atoms with Gasteiger partial charge in [0.15, 0.2) is 0 Å². The summed E-state index contributed by atoms with van der Waals surface area (Å²) in [6.07, 6.45) is 4.61. The van der Waals surface area contributed by atoms with Crippen molar-refractivity contribution in [3.05, 3.63) is 0 Å². The lowest BCUT2D eigenvalue weighted by Crippen LogP contribution is -2.35. The van der Waals surface area contributed by atoms with E-state index in [0.29, 0.717) is 16.7 Å². The number of esters is 1. The highest BCUT2D eigenvalue weighted by Gasteiger charge is 2.36. The van der Waals surface area contributed by atoms with Crippen LogP contribution in [0, 0.1) is 11.3 Å². The average molecular weight is 277 g/mol. The third-order valence-corrected chi connectivity index (χ3v) is 4.23. The number of hydrogen-bond acceptors (Lipinski definition) is 2. The van der Waals surface area contributed by atoms with Gasteiger partial charge in [-0.2, -0.15) is 0 Å². The Balaban J connectivity index is 2.52. The lowest BCUT2D eigenvalue weighted by atomic mass is 9.67. The topological polar surface area (TPSA) is 26.3 Å². The fraction of sp³-hybridized carbons (Fsp3) is 0.917. The van der Waals surface area contributed by atoms with Gasteiger partial charge in [-0.3, -0.25) is 4.79 Å². The van der Waals surface area contributed by atoms with Gasteiger partial charge >= 0.3 is 5.97 Å². The molecular weight excluding hydrogens is 256 g/mol. The van der Waals surface area contributed by atoms with Gasteiger partial charge in [-0.25, -0.2) is 0 Å². The Morgan fingerprint density at radius 2 is 2.27 bits per heavy atom. The Labute approximate surface area is 101 Å². The summed E-state index contributed by atoms with van der Waals surface area (Å²) in [5, 5.41) is 0.307. The molecule has 0 radical (unpaired) electrons. The van der Waals surface area contributed by atoms with Crippen molar-refractivity contribution in [2.24, 2.45) is 11.3 Å². The highest BCUT2D eigenvalue weighted by molar-refractivity contribution is 9.09. The molecule has 2 nitrogen and oxygen atoms in total. The maximum atomic E-state index is 11.2. The summed E-state index contributed by atoms with van der Waals surface area (Å²) in [6.45, 7) is 6.83. The first-order valence-electron chi connectivity index (χ1n) is 5.73. The molecule has 0 saturated heterocycles. The van der Waals surface area contributed by atoms with Crippen LogP contribution in [0.15, 0.2) is 0 Å². The number of rotatable bonds is 3. The van der Waals surface area contributed by atoms with Crippen LogP contribution in [0.1, 0.15) is 46.5 Å². The number of carbonyl (C=O) groups is 1. The number of ether oxygens (including phenoxy) is 1. The molecule has 1 aliphatic rings. The first-order valence-corrected chi connectivity index (χ1v) is 6.85. The molecule has 0 aromatic carbocycles. The van der Waals surface area contributed by atoms with Crippen LogP contribution < -0.4 is 0 Å². The largest absolute Gasteiger partial charge is 0.462 e. The summed E-state index contributed by atoms with van der Waals surface area (Å²) in [6, 6.07) is 0. The summed E-state index contributed by atoms with van der Waals surface area (Å²) in [5.41, 5.74) is 0.343. The molecule has 1 rings (SSSR count). The molecule has 0 bridgehead atoms. The van der Waals surface area contributed by atoms with Crippen molar-refractivity contribution in [2.75, 3.05) is 5.33 Å². The van der Waals surface area contributed by atoms with Crippen LogP contribution in [0.4, 0.5) is 0 Å². The van der Waals surface area contributed by atoms with Crippen LogP contribution in [0.25, 0.3) is 0 Å². The van der Waals surface area contributed by atoms with E-state index in [4.69, 9.17) is 4.74 Å². The molecule has 15 heavy (non-hydrogen) atoms. The summed E-state index contributed by atoms with van der Waals surface area (Å²) in [7, 11) is 0. The van der Waals surface area contributed by atoms with E-state index in [1.807, 2.05) is 0 Å². The smallest absolute Gasteiger partial charge is 0.316 e. The predicted octanol–water partition coefficient (Wildman–Crippen LogP) is 3.53. The van der Waals surface area contributed by atoms with E-state index in [1.165, 1.54) is 12.8 Å². The Bertz CT molecular complexity index is 228. The van der Waals surface area contributed by atoms with Crippen molar-refractivity contribution in [3.8, 4) is 0 Å². The van der Waals surface area contributed by atoms with E-state index in [9.17, 15) is 4.79 Å². The zero-order valence-electron chi connectivity index (χ0n) is 9.88. The van der Waals surface area contributed by atoms with E-state index in [0.717, 1.165) is 12.8 Å². The second kappa shape index (κ2) is 5.33. The summed E-state index contributed by atoms with van der Waals surface area (Å²) < 4.78 is 5.40. The van der Waals surface area contributed by atoms with Gasteiger partial charge in [0.1, 0.15) is 11.4 Å². The first-order chi connectivity index (χ1) is 6.98. The van der Waals surface area contributed by atoms with E-state index < -0.39 is 0 Å².